The van der Waals surface area contributed by atoms with Gasteiger partial charge in [-0.05, 0) is 12.1 Å². The van der Waals surface area contributed by atoms with Gasteiger partial charge in [0, 0.05) is 23.6 Å². The molecule has 1 atom stereocenters. The molecule has 156 valence electrons. The highest BCUT2D eigenvalue weighted by atomic mass is 32.2. The molecule has 0 saturated carbocycles. The molecule has 10 nitrogen and oxygen atoms in total. The van der Waals surface area contributed by atoms with Gasteiger partial charge < -0.3 is 11.5 Å². The maximum absolute atomic E-state index is 12.1. The molecule has 0 fully saturated rings. The molecule has 1 aliphatic rings. The summed E-state index contributed by atoms with van der Waals surface area (Å²) in [5, 5.41) is 4.25. The van der Waals surface area contributed by atoms with Gasteiger partial charge in [-0.2, -0.15) is 10.4 Å². The number of aromatic nitrogens is 2. The van der Waals surface area contributed by atoms with Crippen molar-refractivity contribution in [1.29, 1.82) is 0 Å². The third-order valence-electron chi connectivity index (χ3n) is 4.20. The largest absolute Gasteiger partial charge is 0.344 e. The summed E-state index contributed by atoms with van der Waals surface area (Å²) in [6.45, 7) is 0. The zero-order valence-electron chi connectivity index (χ0n) is 16.2. The molecule has 3 aromatic rings. The van der Waals surface area contributed by atoms with Crippen molar-refractivity contribution < 1.29 is 8.42 Å². The van der Waals surface area contributed by atoms with Crippen LogP contribution in [0.25, 0.3) is 0 Å². The van der Waals surface area contributed by atoms with E-state index in [9.17, 15) is 8.42 Å². The smallest absolute Gasteiger partial charge is 0.250 e. The Morgan fingerprint density at radius 1 is 1.03 bits per heavy atom. The van der Waals surface area contributed by atoms with Crippen molar-refractivity contribution in [3.8, 4) is 0 Å². The van der Waals surface area contributed by atoms with E-state index in [0.29, 0.717) is 5.82 Å². The topological polar surface area (TPSA) is 161 Å². The van der Waals surface area contributed by atoms with Crippen LogP contribution < -0.4 is 27.6 Å². The maximum Gasteiger partial charge on any atom is 0.250 e. The van der Waals surface area contributed by atoms with Crippen molar-refractivity contribution >= 4 is 33.5 Å². The minimum atomic E-state index is -3.64. The second-order valence-corrected chi connectivity index (χ2v) is 8.43. The first-order chi connectivity index (χ1) is 13.8. The van der Waals surface area contributed by atoms with Crippen LogP contribution in [-0.2, 0) is 15.6 Å². The molecule has 0 spiro atoms. The summed E-state index contributed by atoms with van der Waals surface area (Å²) in [6.07, 6.45) is 2.52. The highest BCUT2D eigenvalue weighted by Gasteiger charge is 2.34. The van der Waals surface area contributed by atoms with Gasteiger partial charge in [0.1, 0.15) is 12.2 Å². The molecule has 4 rings (SSSR count). The number of nitrogens with one attached hydrogen (secondary N) is 2. The van der Waals surface area contributed by atoms with Gasteiger partial charge >= 0.3 is 0 Å². The lowest BCUT2D eigenvalue weighted by Gasteiger charge is -2.25. The Bertz CT molecular complexity index is 1160. The number of nitrogens with zero attached hydrogens (tertiary/aromatic N) is 4. The Morgan fingerprint density at radius 3 is 2.30 bits per heavy atom. The number of anilines is 3. The lowest BCUT2D eigenvalue weighted by atomic mass is 10.1. The van der Waals surface area contributed by atoms with Gasteiger partial charge in [-0.15, -0.1) is 0 Å². The first kappa shape index (κ1) is 21.3. The number of hydrogen-bond acceptors (Lipinski definition) is 10. The van der Waals surface area contributed by atoms with E-state index < -0.39 is 15.6 Å². The highest BCUT2D eigenvalue weighted by molar-refractivity contribution is 7.90. The van der Waals surface area contributed by atoms with Gasteiger partial charge in [-0.25, -0.2) is 23.4 Å². The average Bonchev–Trinajstić information content (AvgIpc) is 3.12. The Balaban J connectivity index is 0.00000256. The maximum atomic E-state index is 12.1. The lowest BCUT2D eigenvalue weighted by Crippen LogP contribution is -2.51. The number of aliphatic imine (C=N–C) groups is 1. The first-order valence-electron chi connectivity index (χ1n) is 8.71. The summed E-state index contributed by atoms with van der Waals surface area (Å²) < 4.78 is 24.2. The number of rotatable bonds is 5. The van der Waals surface area contributed by atoms with Crippen LogP contribution in [0.1, 0.15) is 5.56 Å². The molecule has 2 aromatic carbocycles. The number of nitrogens with two attached hydrogens (primary N) is 1. The van der Waals surface area contributed by atoms with E-state index in [1.165, 1.54) is 11.3 Å². The van der Waals surface area contributed by atoms with E-state index in [4.69, 9.17) is 5.73 Å². The fraction of sp³-hybridized carbons (Fsp3) is 0.105. The minimum absolute atomic E-state index is 0. The standard InChI is InChI=1S/C19H19N7O2S.H3N/c1-29(27,28)18-23-16(22-15-10-6-3-7-11-15)12-17(24-18)26-13-21-19(20,25-26)14-8-4-2-5-9-14;/h2-13,25H,20H2,1H3,(H,22,23,24);1H3. The van der Waals surface area contributed by atoms with Crippen molar-refractivity contribution in [2.24, 2.45) is 10.7 Å². The van der Waals surface area contributed by atoms with E-state index in [0.717, 1.165) is 17.5 Å². The predicted molar refractivity (Wildman–Crippen MR) is 116 cm³/mol. The molecule has 0 amide bonds. The molecule has 7 N–H and O–H groups in total. The third kappa shape index (κ3) is 4.44. The summed E-state index contributed by atoms with van der Waals surface area (Å²) in [5.74, 6) is -0.582. The SMILES string of the molecule is CS(=O)(=O)c1nc(Nc2ccccc2)cc(N2C=NC(N)(c3ccccc3)N2)n1.N. The Labute approximate surface area is 174 Å². The zero-order chi connectivity index (χ0) is 20.5. The molecular formula is C19H22N8O2S. The monoisotopic (exact) mass is 426 g/mol. The third-order valence-corrected chi connectivity index (χ3v) is 5.04. The average molecular weight is 427 g/mol. The zero-order valence-corrected chi connectivity index (χ0v) is 17.0. The molecule has 0 saturated heterocycles. The normalized spacial score (nSPS) is 18.1. The van der Waals surface area contributed by atoms with Gasteiger partial charge in [0.2, 0.25) is 15.6 Å². The minimum Gasteiger partial charge on any atom is -0.344 e. The van der Waals surface area contributed by atoms with E-state index in [-0.39, 0.29) is 17.1 Å². The quantitative estimate of drug-likeness (QED) is 0.447. The molecule has 11 heteroatoms. The fourth-order valence-corrected chi connectivity index (χ4v) is 3.30. The van der Waals surface area contributed by atoms with Crippen LogP contribution in [0.2, 0.25) is 0 Å². The Hall–Kier alpha value is -3.38. The summed E-state index contributed by atoms with van der Waals surface area (Å²) >= 11 is 0. The van der Waals surface area contributed by atoms with Gasteiger partial charge in [0.15, 0.2) is 5.82 Å². The van der Waals surface area contributed by atoms with E-state index in [1.807, 2.05) is 60.7 Å². The van der Waals surface area contributed by atoms with Gasteiger partial charge in [-0.3, -0.25) is 5.73 Å². The van der Waals surface area contributed by atoms with Gasteiger partial charge in [-0.1, -0.05) is 48.5 Å². The van der Waals surface area contributed by atoms with Gasteiger partial charge in [0.05, 0.1) is 0 Å². The van der Waals surface area contributed by atoms with Crippen LogP contribution in [0.4, 0.5) is 17.3 Å². The van der Waals surface area contributed by atoms with E-state index >= 15 is 0 Å². The summed E-state index contributed by atoms with van der Waals surface area (Å²) in [6, 6.07) is 20.2. The number of hydrogen-bond donors (Lipinski definition) is 4. The van der Waals surface area contributed by atoms with Crippen molar-refractivity contribution in [3.63, 3.8) is 0 Å². The molecule has 30 heavy (non-hydrogen) atoms. The predicted octanol–water partition coefficient (Wildman–Crippen LogP) is 1.91. The van der Waals surface area contributed by atoms with Crippen LogP contribution in [0, 0.1) is 0 Å². The highest BCUT2D eigenvalue weighted by Crippen LogP contribution is 2.26. The molecule has 1 unspecified atom stereocenters. The van der Waals surface area contributed by atoms with Crippen molar-refractivity contribution in [2.45, 2.75) is 10.9 Å². The number of sulfone groups is 1. The Morgan fingerprint density at radius 2 is 1.67 bits per heavy atom. The molecule has 2 heterocycles. The summed E-state index contributed by atoms with van der Waals surface area (Å²) in [4.78, 5) is 12.6. The van der Waals surface area contributed by atoms with Crippen LogP contribution >= 0.6 is 0 Å². The molecule has 0 radical (unpaired) electrons. The Kier molecular flexibility index (Phi) is 5.80. The van der Waals surface area contributed by atoms with Crippen LogP contribution in [0.3, 0.4) is 0 Å². The molecule has 1 aromatic heterocycles. The van der Waals surface area contributed by atoms with Crippen LogP contribution in [-0.4, -0.2) is 31.0 Å². The lowest BCUT2D eigenvalue weighted by molar-refractivity contribution is 0.397. The fourth-order valence-electron chi connectivity index (χ4n) is 2.77. The second kappa shape index (κ2) is 8.16. The van der Waals surface area contributed by atoms with Crippen LogP contribution in [0.15, 0.2) is 76.9 Å². The first-order valence-corrected chi connectivity index (χ1v) is 10.6. The molecule has 1 aliphatic heterocycles. The molecular weight excluding hydrogens is 404 g/mol. The number of hydrazine groups is 1. The van der Waals surface area contributed by atoms with Crippen LogP contribution in [0.5, 0.6) is 0 Å². The van der Waals surface area contributed by atoms with Crippen molar-refractivity contribution in [2.75, 3.05) is 16.6 Å². The van der Waals surface area contributed by atoms with E-state index in [1.54, 1.807) is 6.07 Å². The molecule has 0 bridgehead atoms. The van der Waals surface area contributed by atoms with Crippen molar-refractivity contribution in [3.05, 3.63) is 72.3 Å². The molecule has 0 aliphatic carbocycles. The van der Waals surface area contributed by atoms with E-state index in [2.05, 4.69) is 25.7 Å². The second-order valence-electron chi connectivity index (χ2n) is 6.52. The number of para-hydroxylation sites is 1. The summed E-state index contributed by atoms with van der Waals surface area (Å²) in [5.41, 5.74) is 10.9. The van der Waals surface area contributed by atoms with Crippen molar-refractivity contribution in [1.82, 2.24) is 21.5 Å². The number of benzene rings is 2. The van der Waals surface area contributed by atoms with Gasteiger partial charge in [0.25, 0.3) is 5.16 Å². The summed E-state index contributed by atoms with van der Waals surface area (Å²) in [7, 11) is -3.64.